The number of fused-ring (bicyclic) bond motifs is 2. The first-order valence-corrected chi connectivity index (χ1v) is 11.3. The van der Waals surface area contributed by atoms with Crippen LogP contribution < -0.4 is 15.6 Å². The van der Waals surface area contributed by atoms with Gasteiger partial charge in [-0.2, -0.15) is 0 Å². The molecule has 4 aromatic rings. The Hall–Kier alpha value is -3.78. The Labute approximate surface area is 193 Å². The van der Waals surface area contributed by atoms with Crippen LogP contribution in [-0.2, 0) is 11.3 Å². The molecule has 33 heavy (non-hydrogen) atoms. The van der Waals surface area contributed by atoms with Crippen LogP contribution in [0.4, 0.5) is 5.69 Å². The number of aryl methyl sites for hydroxylation is 2. The topological polar surface area (TPSA) is 90.3 Å². The van der Waals surface area contributed by atoms with E-state index < -0.39 is 6.10 Å². The molecule has 0 fully saturated rings. The number of amides is 1. The fraction of sp³-hybridized carbons (Fsp3) is 0.200. The van der Waals surface area contributed by atoms with Gasteiger partial charge in [-0.05, 0) is 44.5 Å². The van der Waals surface area contributed by atoms with E-state index in [1.807, 2.05) is 38.1 Å². The van der Waals surface area contributed by atoms with Crippen LogP contribution in [0.25, 0.3) is 21.3 Å². The smallest absolute Gasteiger partial charge is 0.265 e. The minimum atomic E-state index is -0.591. The van der Waals surface area contributed by atoms with Crippen LogP contribution in [0.5, 0.6) is 5.75 Å². The van der Waals surface area contributed by atoms with Crippen LogP contribution >= 0.6 is 11.3 Å². The maximum Gasteiger partial charge on any atom is 0.265 e. The number of benzene rings is 2. The zero-order chi connectivity index (χ0) is 23.3. The standard InChI is InChI=1S/C25H21N3O4S/c1-13-4-6-16(7-5-13)21-15(3)33-24-22(21)25(31)28(12-26-24)11-19(29)17-8-9-20-18(10-17)27-23(30)14(2)32-20/h4-10,12,14H,11H2,1-3H3,(H,27,30). The van der Waals surface area contributed by atoms with E-state index in [2.05, 4.69) is 10.3 Å². The van der Waals surface area contributed by atoms with Crippen molar-refractivity contribution in [2.75, 3.05) is 5.32 Å². The lowest BCUT2D eigenvalue weighted by Crippen LogP contribution is -2.34. The van der Waals surface area contributed by atoms with Gasteiger partial charge in [0, 0.05) is 16.0 Å². The Morgan fingerprint density at radius 2 is 1.91 bits per heavy atom. The van der Waals surface area contributed by atoms with E-state index >= 15 is 0 Å². The maximum absolute atomic E-state index is 13.4. The molecule has 2 aromatic heterocycles. The van der Waals surface area contributed by atoms with Gasteiger partial charge in [-0.25, -0.2) is 4.98 Å². The molecular weight excluding hydrogens is 438 g/mol. The van der Waals surface area contributed by atoms with Gasteiger partial charge in [-0.15, -0.1) is 11.3 Å². The molecule has 1 amide bonds. The largest absolute Gasteiger partial charge is 0.479 e. The molecule has 7 nitrogen and oxygen atoms in total. The van der Waals surface area contributed by atoms with Crippen LogP contribution in [0.1, 0.15) is 27.7 Å². The van der Waals surface area contributed by atoms with Gasteiger partial charge >= 0.3 is 0 Å². The number of aromatic nitrogens is 2. The number of nitrogens with zero attached hydrogens (tertiary/aromatic N) is 2. The van der Waals surface area contributed by atoms with Gasteiger partial charge in [-0.3, -0.25) is 19.0 Å². The van der Waals surface area contributed by atoms with Crippen molar-refractivity contribution >= 4 is 38.9 Å². The summed E-state index contributed by atoms with van der Waals surface area (Å²) in [7, 11) is 0. The highest BCUT2D eigenvalue weighted by Gasteiger charge is 2.24. The van der Waals surface area contributed by atoms with Gasteiger partial charge in [-0.1, -0.05) is 29.8 Å². The second-order valence-corrected chi connectivity index (χ2v) is 9.34. The molecule has 1 aliphatic rings. The molecule has 1 aliphatic heterocycles. The van der Waals surface area contributed by atoms with E-state index in [1.54, 1.807) is 25.1 Å². The van der Waals surface area contributed by atoms with Crippen molar-refractivity contribution in [3.05, 3.63) is 75.1 Å². The molecule has 1 unspecified atom stereocenters. The summed E-state index contributed by atoms with van der Waals surface area (Å²) in [6.07, 6.45) is 0.829. The number of carbonyl (C=O) groups excluding carboxylic acids is 2. The highest BCUT2D eigenvalue weighted by atomic mass is 32.1. The van der Waals surface area contributed by atoms with E-state index in [-0.39, 0.29) is 23.8 Å². The Kier molecular flexibility index (Phi) is 5.09. The van der Waals surface area contributed by atoms with Crippen molar-refractivity contribution in [2.24, 2.45) is 0 Å². The van der Waals surface area contributed by atoms with Crippen LogP contribution in [0.15, 0.2) is 53.6 Å². The first kappa shape index (κ1) is 21.1. The third kappa shape index (κ3) is 3.72. The molecule has 0 saturated heterocycles. The average Bonchev–Trinajstić information content (AvgIpc) is 3.13. The van der Waals surface area contributed by atoms with Gasteiger partial charge in [0.05, 0.1) is 23.9 Å². The molecule has 2 aromatic carbocycles. The molecular formula is C25H21N3O4S. The molecule has 0 aliphatic carbocycles. The fourth-order valence-corrected chi connectivity index (χ4v) is 4.95. The number of anilines is 1. The molecule has 5 rings (SSSR count). The summed E-state index contributed by atoms with van der Waals surface area (Å²) < 4.78 is 6.88. The minimum Gasteiger partial charge on any atom is -0.479 e. The summed E-state index contributed by atoms with van der Waals surface area (Å²) in [5.41, 5.74) is 3.51. The van der Waals surface area contributed by atoms with Crippen molar-refractivity contribution in [1.29, 1.82) is 0 Å². The molecule has 0 bridgehead atoms. The third-order valence-corrected chi connectivity index (χ3v) is 6.75. The van der Waals surface area contributed by atoms with Crippen LogP contribution in [0.3, 0.4) is 0 Å². The summed E-state index contributed by atoms with van der Waals surface area (Å²) >= 11 is 1.47. The zero-order valence-electron chi connectivity index (χ0n) is 18.3. The molecule has 0 radical (unpaired) electrons. The molecule has 1 N–H and O–H groups in total. The SMILES string of the molecule is Cc1ccc(-c2c(C)sc3ncn(CC(=O)c4ccc5c(c4)NC(=O)C(C)O5)c(=O)c23)cc1. The first-order valence-electron chi connectivity index (χ1n) is 10.5. The van der Waals surface area contributed by atoms with E-state index in [0.29, 0.717) is 27.2 Å². The number of hydrogen-bond acceptors (Lipinski definition) is 6. The Balaban J connectivity index is 1.50. The molecule has 8 heteroatoms. The number of Topliss-reactive ketones (excluding diaryl/α,β-unsaturated/α-hetero) is 1. The fourth-order valence-electron chi connectivity index (χ4n) is 3.95. The predicted molar refractivity (Wildman–Crippen MR) is 128 cm³/mol. The summed E-state index contributed by atoms with van der Waals surface area (Å²) in [4.78, 5) is 44.4. The lowest BCUT2D eigenvalue weighted by molar-refractivity contribution is -0.122. The van der Waals surface area contributed by atoms with E-state index in [0.717, 1.165) is 21.6 Å². The highest BCUT2D eigenvalue weighted by Crippen LogP contribution is 2.35. The number of thiophene rings is 1. The third-order valence-electron chi connectivity index (χ3n) is 5.74. The lowest BCUT2D eigenvalue weighted by atomic mass is 10.0. The molecule has 3 heterocycles. The summed E-state index contributed by atoms with van der Waals surface area (Å²) in [6, 6.07) is 12.9. The molecule has 0 saturated carbocycles. The number of ether oxygens (including phenoxy) is 1. The van der Waals surface area contributed by atoms with Gasteiger partial charge in [0.15, 0.2) is 11.9 Å². The Bertz CT molecular complexity index is 1480. The van der Waals surface area contributed by atoms with E-state index in [4.69, 9.17) is 4.74 Å². The summed E-state index contributed by atoms with van der Waals surface area (Å²) in [5, 5.41) is 3.27. The van der Waals surface area contributed by atoms with Crippen LogP contribution in [-0.4, -0.2) is 27.3 Å². The van der Waals surface area contributed by atoms with Crippen molar-refractivity contribution in [3.8, 4) is 16.9 Å². The van der Waals surface area contributed by atoms with E-state index in [9.17, 15) is 14.4 Å². The maximum atomic E-state index is 13.4. The summed E-state index contributed by atoms with van der Waals surface area (Å²) in [5.74, 6) is -0.0254. The monoisotopic (exact) mass is 459 g/mol. The van der Waals surface area contributed by atoms with Crippen molar-refractivity contribution in [2.45, 2.75) is 33.4 Å². The van der Waals surface area contributed by atoms with Crippen molar-refractivity contribution in [1.82, 2.24) is 9.55 Å². The van der Waals surface area contributed by atoms with Gasteiger partial charge in [0.1, 0.15) is 10.6 Å². The molecule has 1 atom stereocenters. The van der Waals surface area contributed by atoms with Gasteiger partial charge in [0.25, 0.3) is 11.5 Å². The number of ketones is 1. The van der Waals surface area contributed by atoms with E-state index in [1.165, 1.54) is 22.2 Å². The molecule has 166 valence electrons. The average molecular weight is 460 g/mol. The second-order valence-electron chi connectivity index (χ2n) is 8.14. The van der Waals surface area contributed by atoms with Crippen molar-refractivity contribution < 1.29 is 14.3 Å². The Morgan fingerprint density at radius 3 is 2.67 bits per heavy atom. The predicted octanol–water partition coefficient (Wildman–Crippen LogP) is 4.34. The normalized spacial score (nSPS) is 15.1. The van der Waals surface area contributed by atoms with Gasteiger partial charge in [0.2, 0.25) is 0 Å². The van der Waals surface area contributed by atoms with Crippen LogP contribution in [0, 0.1) is 13.8 Å². The van der Waals surface area contributed by atoms with Crippen LogP contribution in [0.2, 0.25) is 0 Å². The quantitative estimate of drug-likeness (QED) is 0.459. The van der Waals surface area contributed by atoms with Crippen molar-refractivity contribution in [3.63, 3.8) is 0 Å². The molecule has 0 spiro atoms. The first-order chi connectivity index (χ1) is 15.8. The minimum absolute atomic E-state index is 0.159. The lowest BCUT2D eigenvalue weighted by Gasteiger charge is -2.23. The highest BCUT2D eigenvalue weighted by molar-refractivity contribution is 7.19. The number of nitrogens with one attached hydrogen (secondary N) is 1. The Morgan fingerprint density at radius 1 is 1.15 bits per heavy atom. The summed E-state index contributed by atoms with van der Waals surface area (Å²) in [6.45, 7) is 5.49. The number of carbonyl (C=O) groups is 2. The second kappa shape index (κ2) is 7.97. The zero-order valence-corrected chi connectivity index (χ0v) is 19.2. The van der Waals surface area contributed by atoms with Gasteiger partial charge < -0.3 is 10.1 Å². The number of hydrogen-bond donors (Lipinski definition) is 1. The number of rotatable bonds is 4.